The minimum Gasteiger partial charge on any atom is -0.454 e. The SMILES string of the molecule is CCN(CCCNCc1cccc2c1OCO2)S(C)(=O)=O. The number of fused-ring (bicyclic) bond motifs is 1. The number of nitrogens with zero attached hydrogens (tertiary/aromatic N) is 1. The Morgan fingerprint density at radius 3 is 2.86 bits per heavy atom. The maximum Gasteiger partial charge on any atom is 0.231 e. The van der Waals surface area contributed by atoms with Crippen LogP contribution in [-0.2, 0) is 16.6 Å². The second kappa shape index (κ2) is 7.11. The van der Waals surface area contributed by atoms with Gasteiger partial charge in [-0.25, -0.2) is 12.7 Å². The van der Waals surface area contributed by atoms with Gasteiger partial charge in [-0.15, -0.1) is 0 Å². The van der Waals surface area contributed by atoms with Crippen molar-refractivity contribution < 1.29 is 17.9 Å². The summed E-state index contributed by atoms with van der Waals surface area (Å²) in [7, 11) is -3.09. The van der Waals surface area contributed by atoms with Crippen molar-refractivity contribution in [1.29, 1.82) is 0 Å². The Balaban J connectivity index is 1.75. The number of hydrogen-bond acceptors (Lipinski definition) is 5. The minimum atomic E-state index is -3.09. The molecule has 0 saturated carbocycles. The zero-order valence-corrected chi connectivity index (χ0v) is 13.3. The summed E-state index contributed by atoms with van der Waals surface area (Å²) in [4.78, 5) is 0. The summed E-state index contributed by atoms with van der Waals surface area (Å²) in [6, 6.07) is 5.82. The molecule has 1 heterocycles. The molecule has 0 radical (unpaired) electrons. The van der Waals surface area contributed by atoms with Crippen molar-refractivity contribution in [1.82, 2.24) is 9.62 Å². The molecule has 1 aliphatic rings. The van der Waals surface area contributed by atoms with Gasteiger partial charge in [0.1, 0.15) is 0 Å². The second-order valence-corrected chi connectivity index (χ2v) is 6.92. The van der Waals surface area contributed by atoms with Crippen molar-refractivity contribution in [3.05, 3.63) is 23.8 Å². The highest BCUT2D eigenvalue weighted by molar-refractivity contribution is 7.88. The molecule has 1 N–H and O–H groups in total. The minimum absolute atomic E-state index is 0.270. The van der Waals surface area contributed by atoms with E-state index in [-0.39, 0.29) is 6.79 Å². The van der Waals surface area contributed by atoms with Gasteiger partial charge in [-0.1, -0.05) is 19.1 Å². The third-order valence-electron chi connectivity index (χ3n) is 3.38. The molecule has 0 amide bonds. The molecule has 21 heavy (non-hydrogen) atoms. The zero-order valence-electron chi connectivity index (χ0n) is 12.5. The first-order valence-electron chi connectivity index (χ1n) is 7.05. The van der Waals surface area contributed by atoms with Gasteiger partial charge in [-0.2, -0.15) is 0 Å². The van der Waals surface area contributed by atoms with Crippen LogP contribution >= 0.6 is 0 Å². The Labute approximate surface area is 126 Å². The van der Waals surface area contributed by atoms with Crippen molar-refractivity contribution in [2.45, 2.75) is 19.9 Å². The lowest BCUT2D eigenvalue weighted by molar-refractivity contribution is 0.173. The summed E-state index contributed by atoms with van der Waals surface area (Å²) in [5, 5.41) is 3.31. The number of sulfonamides is 1. The number of rotatable bonds is 8. The molecule has 1 aliphatic heterocycles. The molecule has 0 atom stereocenters. The van der Waals surface area contributed by atoms with Crippen LogP contribution in [0.4, 0.5) is 0 Å². The standard InChI is InChI=1S/C14H22N2O4S/c1-3-16(21(2,17)18)9-5-8-15-10-12-6-4-7-13-14(12)20-11-19-13/h4,6-7,15H,3,5,8-11H2,1-2H3. The quantitative estimate of drug-likeness (QED) is 0.730. The van der Waals surface area contributed by atoms with Gasteiger partial charge in [0, 0.05) is 25.2 Å². The smallest absolute Gasteiger partial charge is 0.231 e. The molecule has 0 saturated heterocycles. The molecule has 0 bridgehead atoms. The van der Waals surface area contributed by atoms with Crippen LogP contribution in [-0.4, -0.2) is 45.4 Å². The predicted octanol–water partition coefficient (Wildman–Crippen LogP) is 1.18. The van der Waals surface area contributed by atoms with Crippen LogP contribution in [0.5, 0.6) is 11.5 Å². The largest absolute Gasteiger partial charge is 0.454 e. The molecule has 1 aromatic rings. The molecule has 7 heteroatoms. The number of benzene rings is 1. The number of para-hydroxylation sites is 1. The Kier molecular flexibility index (Phi) is 5.44. The van der Waals surface area contributed by atoms with Gasteiger partial charge in [0.2, 0.25) is 16.8 Å². The van der Waals surface area contributed by atoms with E-state index in [1.165, 1.54) is 10.6 Å². The Morgan fingerprint density at radius 1 is 1.33 bits per heavy atom. The summed E-state index contributed by atoms with van der Waals surface area (Å²) < 4.78 is 35.1. The average molecular weight is 314 g/mol. The first-order chi connectivity index (χ1) is 10.0. The van der Waals surface area contributed by atoms with Crippen LogP contribution in [0.25, 0.3) is 0 Å². The molecule has 0 aromatic heterocycles. The fraction of sp³-hybridized carbons (Fsp3) is 0.571. The summed E-state index contributed by atoms with van der Waals surface area (Å²) in [5.41, 5.74) is 1.06. The Bertz CT molecular complexity index is 574. The first kappa shape index (κ1) is 16.1. The average Bonchev–Trinajstić information content (AvgIpc) is 2.90. The summed E-state index contributed by atoms with van der Waals surface area (Å²) in [6.45, 7) is 4.59. The predicted molar refractivity (Wildman–Crippen MR) is 81.0 cm³/mol. The maximum absolute atomic E-state index is 11.5. The van der Waals surface area contributed by atoms with E-state index in [1.807, 2.05) is 25.1 Å². The normalized spacial score (nSPS) is 13.9. The van der Waals surface area contributed by atoms with E-state index in [0.29, 0.717) is 19.6 Å². The molecule has 0 fully saturated rings. The lowest BCUT2D eigenvalue weighted by Crippen LogP contribution is -2.32. The highest BCUT2D eigenvalue weighted by Gasteiger charge is 2.17. The molecule has 118 valence electrons. The second-order valence-electron chi connectivity index (χ2n) is 4.94. The summed E-state index contributed by atoms with van der Waals surface area (Å²) in [5.74, 6) is 1.58. The summed E-state index contributed by atoms with van der Waals surface area (Å²) in [6.07, 6.45) is 2.02. The van der Waals surface area contributed by atoms with Gasteiger partial charge in [0.15, 0.2) is 11.5 Å². The van der Waals surface area contributed by atoms with E-state index in [9.17, 15) is 8.42 Å². The fourth-order valence-corrected chi connectivity index (χ4v) is 3.22. The van der Waals surface area contributed by atoms with Gasteiger partial charge in [-0.05, 0) is 19.0 Å². The van der Waals surface area contributed by atoms with E-state index in [1.54, 1.807) is 0 Å². The topological polar surface area (TPSA) is 67.9 Å². The van der Waals surface area contributed by atoms with Crippen molar-refractivity contribution in [2.24, 2.45) is 0 Å². The molecular formula is C14H22N2O4S. The molecule has 1 aromatic carbocycles. The number of ether oxygens (including phenoxy) is 2. The van der Waals surface area contributed by atoms with Crippen molar-refractivity contribution in [3.63, 3.8) is 0 Å². The van der Waals surface area contributed by atoms with Crippen molar-refractivity contribution in [3.8, 4) is 11.5 Å². The molecule has 0 aliphatic carbocycles. The third-order valence-corrected chi connectivity index (χ3v) is 4.76. The fourth-order valence-electron chi connectivity index (χ4n) is 2.29. The van der Waals surface area contributed by atoms with Gasteiger partial charge in [0.25, 0.3) is 0 Å². The Hall–Kier alpha value is -1.31. The van der Waals surface area contributed by atoms with Crippen LogP contribution in [0.2, 0.25) is 0 Å². The lowest BCUT2D eigenvalue weighted by Gasteiger charge is -2.17. The van der Waals surface area contributed by atoms with Crippen molar-refractivity contribution in [2.75, 3.05) is 32.7 Å². The van der Waals surface area contributed by atoms with E-state index in [2.05, 4.69) is 5.32 Å². The molecule has 0 spiro atoms. The first-order valence-corrected chi connectivity index (χ1v) is 8.90. The van der Waals surface area contributed by atoms with E-state index >= 15 is 0 Å². The van der Waals surface area contributed by atoms with Gasteiger partial charge in [-0.3, -0.25) is 0 Å². The van der Waals surface area contributed by atoms with Crippen molar-refractivity contribution >= 4 is 10.0 Å². The van der Waals surface area contributed by atoms with E-state index < -0.39 is 10.0 Å². The molecular weight excluding hydrogens is 292 g/mol. The molecule has 6 nitrogen and oxygen atoms in total. The molecule has 2 rings (SSSR count). The van der Waals surface area contributed by atoms with E-state index in [0.717, 1.165) is 30.0 Å². The van der Waals surface area contributed by atoms with Crippen LogP contribution in [0.15, 0.2) is 18.2 Å². The Morgan fingerprint density at radius 2 is 2.14 bits per heavy atom. The van der Waals surface area contributed by atoms with Gasteiger partial charge >= 0.3 is 0 Å². The summed E-state index contributed by atoms with van der Waals surface area (Å²) >= 11 is 0. The van der Waals surface area contributed by atoms with Crippen LogP contribution in [0.3, 0.4) is 0 Å². The van der Waals surface area contributed by atoms with E-state index in [4.69, 9.17) is 9.47 Å². The molecule has 0 unspecified atom stereocenters. The monoisotopic (exact) mass is 314 g/mol. The maximum atomic E-state index is 11.5. The number of hydrogen-bond donors (Lipinski definition) is 1. The van der Waals surface area contributed by atoms with Crippen LogP contribution in [0, 0.1) is 0 Å². The van der Waals surface area contributed by atoms with Gasteiger partial charge < -0.3 is 14.8 Å². The van der Waals surface area contributed by atoms with Gasteiger partial charge in [0.05, 0.1) is 6.26 Å². The highest BCUT2D eigenvalue weighted by atomic mass is 32.2. The third kappa shape index (κ3) is 4.33. The van der Waals surface area contributed by atoms with Crippen LogP contribution < -0.4 is 14.8 Å². The zero-order chi connectivity index (χ0) is 15.3. The van der Waals surface area contributed by atoms with Crippen LogP contribution in [0.1, 0.15) is 18.9 Å². The highest BCUT2D eigenvalue weighted by Crippen LogP contribution is 2.35. The number of nitrogens with one attached hydrogen (secondary N) is 1. The lowest BCUT2D eigenvalue weighted by atomic mass is 10.2.